The van der Waals surface area contributed by atoms with Crippen molar-refractivity contribution in [2.24, 2.45) is 11.8 Å². The van der Waals surface area contributed by atoms with E-state index in [-0.39, 0.29) is 38.7 Å². The highest BCUT2D eigenvalue weighted by molar-refractivity contribution is 5.92. The van der Waals surface area contributed by atoms with Crippen LogP contribution >= 0.6 is 0 Å². The van der Waals surface area contributed by atoms with Crippen molar-refractivity contribution in [3.63, 3.8) is 0 Å². The van der Waals surface area contributed by atoms with E-state index in [9.17, 15) is 9.59 Å². The average Bonchev–Trinajstić information content (AvgIpc) is 3.06. The Balaban J connectivity index is 0.00000120. The SMILES string of the molecule is COC(=O)[C@@H]1Cc2c([nH]c3ccccc23)C2C[C@H]3C=CO[C@@H](C)C3C(=O)N21.[HH].[HH]. The van der Waals surface area contributed by atoms with Gasteiger partial charge >= 0.3 is 5.97 Å². The lowest BCUT2D eigenvalue weighted by atomic mass is 9.73. The summed E-state index contributed by atoms with van der Waals surface area (Å²) in [5.41, 5.74) is 3.21. The number of H-pyrrole nitrogens is 1. The molecule has 0 saturated carbocycles. The second-order valence-electron chi connectivity index (χ2n) is 7.66. The van der Waals surface area contributed by atoms with Gasteiger partial charge in [-0.2, -0.15) is 0 Å². The maximum atomic E-state index is 13.5. The minimum atomic E-state index is -0.599. The van der Waals surface area contributed by atoms with Crippen LogP contribution in [0.25, 0.3) is 10.9 Å². The number of aromatic amines is 1. The maximum Gasteiger partial charge on any atom is 0.328 e. The first-order valence-corrected chi connectivity index (χ1v) is 9.41. The second kappa shape index (κ2) is 5.87. The van der Waals surface area contributed by atoms with Crippen LogP contribution in [0.1, 0.15) is 33.5 Å². The first-order valence-electron chi connectivity index (χ1n) is 9.41. The summed E-state index contributed by atoms with van der Waals surface area (Å²) in [6.45, 7) is 1.92. The number of benzene rings is 1. The molecule has 1 aromatic carbocycles. The van der Waals surface area contributed by atoms with Gasteiger partial charge in [0.1, 0.15) is 12.1 Å². The number of aromatic nitrogens is 1. The molecule has 6 nitrogen and oxygen atoms in total. The molecule has 0 aliphatic carbocycles. The number of nitrogens with zero attached hydrogens (tertiary/aromatic N) is 1. The number of carbonyl (C=O) groups excluding carboxylic acids is 2. The molecule has 2 unspecified atom stereocenters. The highest BCUT2D eigenvalue weighted by Crippen LogP contribution is 2.47. The monoisotopic (exact) mass is 370 g/mol. The fraction of sp³-hybridized carbons (Fsp3) is 0.429. The molecule has 0 spiro atoms. The van der Waals surface area contributed by atoms with Crippen molar-refractivity contribution in [3.05, 3.63) is 47.9 Å². The number of esters is 1. The second-order valence-corrected chi connectivity index (χ2v) is 7.66. The molecule has 3 aliphatic rings. The van der Waals surface area contributed by atoms with Gasteiger partial charge in [0.15, 0.2) is 0 Å². The molecular formula is C21H26N2O4. The minimum Gasteiger partial charge on any atom is -0.498 e. The standard InChI is InChI=1S/C21H22N2O4.2H2/c1-11-18-12(7-8-27-11)9-16-19-14(13-5-3-4-6-15(13)22-19)10-17(21(25)26-2)23(16)20(18)24;;/h3-8,11-12,16-18,22H,9-10H2,1-2H3;2*1H/t11-,12+,16?,17-,18?;;/m0../s1. The number of para-hydroxylation sites is 1. The summed E-state index contributed by atoms with van der Waals surface area (Å²) in [4.78, 5) is 31.3. The molecule has 1 N–H and O–H groups in total. The van der Waals surface area contributed by atoms with Gasteiger partial charge in [0, 0.05) is 25.9 Å². The molecule has 1 saturated heterocycles. The van der Waals surface area contributed by atoms with Crippen molar-refractivity contribution < 1.29 is 21.9 Å². The molecule has 2 aromatic rings. The summed E-state index contributed by atoms with van der Waals surface area (Å²) in [6, 6.07) is 7.34. The van der Waals surface area contributed by atoms with Crippen molar-refractivity contribution in [2.45, 2.75) is 38.0 Å². The lowest BCUT2D eigenvalue weighted by molar-refractivity contribution is -0.166. The number of ether oxygens (including phenoxy) is 2. The summed E-state index contributed by atoms with van der Waals surface area (Å²) in [6.07, 6.45) is 4.74. The summed E-state index contributed by atoms with van der Waals surface area (Å²) in [5.74, 6) is -0.530. The Morgan fingerprint density at radius 1 is 1.37 bits per heavy atom. The summed E-state index contributed by atoms with van der Waals surface area (Å²) < 4.78 is 10.7. The number of allylic oxidation sites excluding steroid dienone is 1. The topological polar surface area (TPSA) is 71.6 Å². The Labute approximate surface area is 160 Å². The highest BCUT2D eigenvalue weighted by atomic mass is 16.5. The van der Waals surface area contributed by atoms with Gasteiger partial charge in [-0.05, 0) is 37.0 Å². The first kappa shape index (κ1) is 16.4. The van der Waals surface area contributed by atoms with E-state index >= 15 is 0 Å². The van der Waals surface area contributed by atoms with Gasteiger partial charge in [-0.15, -0.1) is 0 Å². The largest absolute Gasteiger partial charge is 0.498 e. The fourth-order valence-electron chi connectivity index (χ4n) is 5.11. The molecule has 1 amide bonds. The van der Waals surface area contributed by atoms with Crippen molar-refractivity contribution in [2.75, 3.05) is 7.11 Å². The van der Waals surface area contributed by atoms with Crippen molar-refractivity contribution >= 4 is 22.8 Å². The molecule has 4 heterocycles. The van der Waals surface area contributed by atoms with Crippen LogP contribution in [0.5, 0.6) is 0 Å². The van der Waals surface area contributed by atoms with Gasteiger partial charge in [-0.1, -0.05) is 18.2 Å². The van der Waals surface area contributed by atoms with Crippen molar-refractivity contribution in [1.82, 2.24) is 9.88 Å². The van der Waals surface area contributed by atoms with E-state index in [0.717, 1.165) is 28.6 Å². The molecule has 27 heavy (non-hydrogen) atoms. The predicted molar refractivity (Wildman–Crippen MR) is 103 cm³/mol. The van der Waals surface area contributed by atoms with E-state index in [2.05, 4.69) is 11.1 Å². The van der Waals surface area contributed by atoms with E-state index in [1.807, 2.05) is 31.2 Å². The molecular weight excluding hydrogens is 344 g/mol. The van der Waals surface area contributed by atoms with Gasteiger partial charge in [-0.3, -0.25) is 4.79 Å². The number of fused-ring (bicyclic) bond motifs is 6. The smallest absolute Gasteiger partial charge is 0.328 e. The summed E-state index contributed by atoms with van der Waals surface area (Å²) in [5, 5.41) is 1.12. The zero-order chi connectivity index (χ0) is 18.7. The fourth-order valence-corrected chi connectivity index (χ4v) is 5.11. The van der Waals surface area contributed by atoms with Crippen molar-refractivity contribution in [1.29, 1.82) is 0 Å². The Morgan fingerprint density at radius 2 is 2.19 bits per heavy atom. The van der Waals surface area contributed by atoms with Crippen LogP contribution in [-0.2, 0) is 25.5 Å². The maximum absolute atomic E-state index is 13.5. The third kappa shape index (κ3) is 2.25. The number of carbonyl (C=O) groups is 2. The van der Waals surface area contributed by atoms with Gasteiger partial charge in [-0.25, -0.2) is 4.79 Å². The van der Waals surface area contributed by atoms with E-state index in [4.69, 9.17) is 9.47 Å². The Bertz CT molecular complexity index is 973. The number of piperidine rings is 1. The molecule has 0 bridgehead atoms. The van der Waals surface area contributed by atoms with Gasteiger partial charge in [0.25, 0.3) is 0 Å². The quantitative estimate of drug-likeness (QED) is 0.783. The normalized spacial score (nSPS) is 31.7. The predicted octanol–water partition coefficient (Wildman–Crippen LogP) is 3.20. The third-order valence-corrected chi connectivity index (χ3v) is 6.34. The number of methoxy groups -OCH3 is 1. The van der Waals surface area contributed by atoms with E-state index < -0.39 is 6.04 Å². The molecule has 6 heteroatoms. The Hall–Kier alpha value is -2.76. The van der Waals surface area contributed by atoms with Crippen molar-refractivity contribution in [3.8, 4) is 0 Å². The van der Waals surface area contributed by atoms with Crippen LogP contribution in [0, 0.1) is 11.8 Å². The number of amides is 1. The molecule has 1 aromatic heterocycles. The zero-order valence-electron chi connectivity index (χ0n) is 15.3. The van der Waals surface area contributed by atoms with E-state index in [0.29, 0.717) is 6.42 Å². The minimum absolute atomic E-state index is 0. The number of hydrogen-bond acceptors (Lipinski definition) is 4. The lowest BCUT2D eigenvalue weighted by Crippen LogP contribution is -2.59. The average molecular weight is 370 g/mol. The van der Waals surface area contributed by atoms with Crippen LogP contribution in [0.4, 0.5) is 0 Å². The lowest BCUT2D eigenvalue weighted by Gasteiger charge is -2.49. The molecule has 5 atom stereocenters. The van der Waals surface area contributed by atoms with Crippen LogP contribution < -0.4 is 0 Å². The molecule has 144 valence electrons. The molecule has 0 radical (unpaired) electrons. The molecule has 1 fully saturated rings. The summed E-state index contributed by atoms with van der Waals surface area (Å²) >= 11 is 0. The molecule has 3 aliphatic heterocycles. The van der Waals surface area contributed by atoms with Gasteiger partial charge < -0.3 is 19.4 Å². The summed E-state index contributed by atoms with van der Waals surface area (Å²) in [7, 11) is 1.38. The molecule has 5 rings (SSSR count). The highest BCUT2D eigenvalue weighted by Gasteiger charge is 2.52. The Morgan fingerprint density at radius 3 is 3.00 bits per heavy atom. The number of rotatable bonds is 1. The van der Waals surface area contributed by atoms with E-state index in [1.54, 1.807) is 11.2 Å². The third-order valence-electron chi connectivity index (χ3n) is 6.34. The van der Waals surface area contributed by atoms with Gasteiger partial charge in [0.05, 0.1) is 25.3 Å². The Kier molecular flexibility index (Phi) is 3.57. The number of hydrogen-bond donors (Lipinski definition) is 1. The first-order chi connectivity index (χ1) is 13.1. The van der Waals surface area contributed by atoms with Gasteiger partial charge in [0.2, 0.25) is 5.91 Å². The van der Waals surface area contributed by atoms with Crippen LogP contribution in [0.3, 0.4) is 0 Å². The zero-order valence-corrected chi connectivity index (χ0v) is 15.3. The van der Waals surface area contributed by atoms with Crippen LogP contribution in [0.2, 0.25) is 0 Å². The van der Waals surface area contributed by atoms with Crippen LogP contribution in [0.15, 0.2) is 36.6 Å². The van der Waals surface area contributed by atoms with Crippen LogP contribution in [-0.4, -0.2) is 41.0 Å². The number of nitrogens with one attached hydrogen (secondary N) is 1. The van der Waals surface area contributed by atoms with E-state index in [1.165, 1.54) is 7.11 Å².